The van der Waals surface area contributed by atoms with Crippen LogP contribution in [0.15, 0.2) is 39.7 Å². The summed E-state index contributed by atoms with van der Waals surface area (Å²) in [5.41, 5.74) is 6.54. The van der Waals surface area contributed by atoms with Gasteiger partial charge >= 0.3 is 5.97 Å². The largest absolute Gasteiger partial charge is 0.478 e. The van der Waals surface area contributed by atoms with Gasteiger partial charge in [-0.2, -0.15) is 0 Å². The molecule has 0 amide bonds. The van der Waals surface area contributed by atoms with Crippen LogP contribution >= 0.6 is 27.7 Å². The van der Waals surface area contributed by atoms with Gasteiger partial charge in [-0.25, -0.2) is 4.79 Å². The van der Waals surface area contributed by atoms with Gasteiger partial charge in [-0.1, -0.05) is 22.5 Å². The van der Waals surface area contributed by atoms with Crippen molar-refractivity contribution in [2.75, 3.05) is 11.5 Å². The topological polar surface area (TPSA) is 63.3 Å². The second kappa shape index (κ2) is 5.23. The molecular weight excluding hydrogens is 278 g/mol. The summed E-state index contributed by atoms with van der Waals surface area (Å²) in [5, 5.41) is 8.63. The Morgan fingerprint density at radius 2 is 2.27 bits per heavy atom. The van der Waals surface area contributed by atoms with Gasteiger partial charge in [0.1, 0.15) is 0 Å². The highest BCUT2D eigenvalue weighted by molar-refractivity contribution is 9.10. The molecule has 0 aliphatic heterocycles. The van der Waals surface area contributed by atoms with Gasteiger partial charge in [0.05, 0.1) is 0 Å². The van der Waals surface area contributed by atoms with Crippen molar-refractivity contribution in [2.24, 2.45) is 0 Å². The molecular formula is C10H10BrNO2S. The molecule has 0 saturated carbocycles. The van der Waals surface area contributed by atoms with E-state index in [1.165, 1.54) is 11.8 Å². The third kappa shape index (κ3) is 3.60. The number of benzene rings is 1. The van der Waals surface area contributed by atoms with Gasteiger partial charge in [-0.05, 0) is 18.2 Å². The summed E-state index contributed by atoms with van der Waals surface area (Å²) >= 11 is 4.69. The van der Waals surface area contributed by atoms with Crippen LogP contribution in [0, 0.1) is 0 Å². The molecule has 0 radical (unpaired) electrons. The van der Waals surface area contributed by atoms with Crippen molar-refractivity contribution in [3.8, 4) is 0 Å². The monoisotopic (exact) mass is 287 g/mol. The summed E-state index contributed by atoms with van der Waals surface area (Å²) in [6.45, 7) is 3.45. The molecule has 0 bridgehead atoms. The fourth-order valence-corrected chi connectivity index (χ4v) is 2.27. The molecule has 0 aliphatic rings. The van der Waals surface area contributed by atoms with Crippen LogP contribution in [-0.4, -0.2) is 16.8 Å². The predicted octanol–water partition coefficient (Wildman–Crippen LogP) is 2.76. The van der Waals surface area contributed by atoms with Crippen molar-refractivity contribution < 1.29 is 9.90 Å². The highest BCUT2D eigenvalue weighted by atomic mass is 79.9. The molecule has 0 heterocycles. The minimum atomic E-state index is -0.976. The van der Waals surface area contributed by atoms with Gasteiger partial charge in [-0.15, -0.1) is 11.8 Å². The Hall–Kier alpha value is -0.940. The van der Waals surface area contributed by atoms with Crippen LogP contribution in [0.1, 0.15) is 0 Å². The smallest absolute Gasteiger partial charge is 0.331 e. The lowest BCUT2D eigenvalue weighted by Gasteiger charge is -2.05. The minimum absolute atomic E-state index is 0.166. The van der Waals surface area contributed by atoms with Crippen LogP contribution in [0.5, 0.6) is 0 Å². The maximum atomic E-state index is 10.5. The quantitative estimate of drug-likeness (QED) is 0.508. The Bertz CT molecular complexity index is 406. The van der Waals surface area contributed by atoms with Crippen LogP contribution < -0.4 is 5.73 Å². The number of carboxylic acids is 1. The number of anilines is 1. The molecule has 15 heavy (non-hydrogen) atoms. The molecule has 0 saturated heterocycles. The van der Waals surface area contributed by atoms with Gasteiger partial charge in [0, 0.05) is 26.4 Å². The molecule has 80 valence electrons. The number of halogens is 1. The van der Waals surface area contributed by atoms with Crippen molar-refractivity contribution in [3.05, 3.63) is 34.8 Å². The van der Waals surface area contributed by atoms with E-state index in [0.29, 0.717) is 11.4 Å². The van der Waals surface area contributed by atoms with E-state index in [1.54, 1.807) is 6.07 Å². The van der Waals surface area contributed by atoms with Crippen molar-refractivity contribution >= 4 is 39.3 Å². The van der Waals surface area contributed by atoms with Crippen LogP contribution in [0.3, 0.4) is 0 Å². The molecule has 0 aromatic heterocycles. The Morgan fingerprint density at radius 1 is 1.60 bits per heavy atom. The summed E-state index contributed by atoms with van der Waals surface area (Å²) in [5.74, 6) is -0.647. The van der Waals surface area contributed by atoms with E-state index in [2.05, 4.69) is 22.5 Å². The number of hydrogen-bond acceptors (Lipinski definition) is 3. The fraction of sp³-hybridized carbons (Fsp3) is 0.100. The summed E-state index contributed by atoms with van der Waals surface area (Å²) in [6, 6.07) is 5.47. The van der Waals surface area contributed by atoms with Crippen LogP contribution in [-0.2, 0) is 4.79 Å². The average molecular weight is 288 g/mol. The number of carbonyl (C=O) groups is 1. The molecule has 5 heteroatoms. The summed E-state index contributed by atoms with van der Waals surface area (Å²) in [7, 11) is 0. The predicted molar refractivity (Wildman–Crippen MR) is 66.1 cm³/mol. The second-order valence-electron chi connectivity index (χ2n) is 2.88. The zero-order valence-corrected chi connectivity index (χ0v) is 10.3. The van der Waals surface area contributed by atoms with E-state index >= 15 is 0 Å². The lowest BCUT2D eigenvalue weighted by atomic mass is 10.3. The maximum absolute atomic E-state index is 10.5. The minimum Gasteiger partial charge on any atom is -0.478 e. The van der Waals surface area contributed by atoms with Crippen LogP contribution in [0.4, 0.5) is 5.69 Å². The van der Waals surface area contributed by atoms with E-state index in [4.69, 9.17) is 10.8 Å². The van der Waals surface area contributed by atoms with Crippen molar-refractivity contribution in [1.29, 1.82) is 0 Å². The highest BCUT2D eigenvalue weighted by Crippen LogP contribution is 2.29. The molecule has 1 aromatic rings. The van der Waals surface area contributed by atoms with Crippen molar-refractivity contribution in [1.82, 2.24) is 0 Å². The average Bonchev–Trinajstić information content (AvgIpc) is 2.18. The Morgan fingerprint density at radius 3 is 2.87 bits per heavy atom. The Kier molecular flexibility index (Phi) is 4.23. The normalized spacial score (nSPS) is 9.93. The van der Waals surface area contributed by atoms with Crippen LogP contribution in [0.2, 0.25) is 0 Å². The number of rotatable bonds is 4. The highest BCUT2D eigenvalue weighted by Gasteiger charge is 2.06. The Balaban J connectivity index is 2.69. The van der Waals surface area contributed by atoms with E-state index in [-0.39, 0.29) is 5.57 Å². The molecule has 0 fully saturated rings. The van der Waals surface area contributed by atoms with E-state index in [1.807, 2.05) is 12.1 Å². The number of carboxylic acid groups (broad SMARTS) is 1. The summed E-state index contributed by atoms with van der Waals surface area (Å²) in [6.07, 6.45) is 0. The van der Waals surface area contributed by atoms with Crippen molar-refractivity contribution in [2.45, 2.75) is 4.90 Å². The van der Waals surface area contributed by atoms with Crippen molar-refractivity contribution in [3.63, 3.8) is 0 Å². The third-order valence-corrected chi connectivity index (χ3v) is 3.33. The second-order valence-corrected chi connectivity index (χ2v) is 4.81. The summed E-state index contributed by atoms with van der Waals surface area (Å²) < 4.78 is 0.917. The molecule has 0 aliphatic carbocycles. The molecule has 0 atom stereocenters. The van der Waals surface area contributed by atoms with Crippen LogP contribution in [0.25, 0.3) is 0 Å². The van der Waals surface area contributed by atoms with Gasteiger partial charge in [0.2, 0.25) is 0 Å². The number of aliphatic carboxylic acids is 1. The zero-order chi connectivity index (χ0) is 11.4. The number of thioether (sulfide) groups is 1. The first-order valence-corrected chi connectivity index (χ1v) is 5.87. The molecule has 1 rings (SSSR count). The van der Waals surface area contributed by atoms with Gasteiger partial charge < -0.3 is 10.8 Å². The number of hydrogen-bond donors (Lipinski definition) is 2. The third-order valence-electron chi connectivity index (χ3n) is 1.68. The standard InChI is InChI=1S/C10H10BrNO2S/c1-6(10(13)14)5-15-9-4-7(11)2-3-8(9)12/h2-4H,1,5,12H2,(H,13,14). The molecule has 0 unspecified atom stereocenters. The van der Waals surface area contributed by atoms with Gasteiger partial charge in [-0.3, -0.25) is 0 Å². The first-order chi connectivity index (χ1) is 7.00. The first-order valence-electron chi connectivity index (χ1n) is 4.09. The molecule has 1 aromatic carbocycles. The van der Waals surface area contributed by atoms with Gasteiger partial charge in [0.15, 0.2) is 0 Å². The SMILES string of the molecule is C=C(CSc1cc(Br)ccc1N)C(=O)O. The van der Waals surface area contributed by atoms with E-state index < -0.39 is 5.97 Å². The number of nitrogen functional groups attached to an aromatic ring is 1. The van der Waals surface area contributed by atoms with Gasteiger partial charge in [0.25, 0.3) is 0 Å². The zero-order valence-electron chi connectivity index (χ0n) is 7.87. The molecule has 3 nitrogen and oxygen atoms in total. The van der Waals surface area contributed by atoms with E-state index in [9.17, 15) is 4.79 Å². The number of nitrogens with two attached hydrogens (primary N) is 1. The lowest BCUT2D eigenvalue weighted by molar-refractivity contribution is -0.132. The lowest BCUT2D eigenvalue weighted by Crippen LogP contribution is -2.01. The summed E-state index contributed by atoms with van der Waals surface area (Å²) in [4.78, 5) is 11.4. The molecule has 3 N–H and O–H groups in total. The maximum Gasteiger partial charge on any atom is 0.331 e. The van der Waals surface area contributed by atoms with E-state index in [0.717, 1.165) is 9.37 Å². The first kappa shape index (κ1) is 12.1. The Labute approximate surface area is 100 Å². The fourth-order valence-electron chi connectivity index (χ4n) is 0.860. The molecule has 0 spiro atoms.